The fourth-order valence-corrected chi connectivity index (χ4v) is 3.43. The van der Waals surface area contributed by atoms with Crippen LogP contribution in [0.4, 0.5) is 4.39 Å². The molecule has 3 unspecified atom stereocenters. The van der Waals surface area contributed by atoms with Crippen molar-refractivity contribution >= 4 is 0 Å². The largest absolute Gasteiger partial charge is 0.307 e. The van der Waals surface area contributed by atoms with Crippen LogP contribution in [0.2, 0.25) is 0 Å². The van der Waals surface area contributed by atoms with Crippen molar-refractivity contribution in [3.05, 3.63) is 35.1 Å². The Bertz CT molecular complexity index is 415. The van der Waals surface area contributed by atoms with Crippen molar-refractivity contribution in [3.8, 4) is 0 Å². The molecule has 0 aliphatic heterocycles. The van der Waals surface area contributed by atoms with E-state index in [0.29, 0.717) is 12.1 Å². The molecule has 0 saturated heterocycles. The number of benzene rings is 1. The molecule has 1 N–H and O–H groups in total. The summed E-state index contributed by atoms with van der Waals surface area (Å²) in [4.78, 5) is 0. The van der Waals surface area contributed by atoms with Crippen molar-refractivity contribution in [2.75, 3.05) is 0 Å². The average molecular weight is 233 g/mol. The third-order valence-electron chi connectivity index (χ3n) is 4.49. The van der Waals surface area contributed by atoms with Gasteiger partial charge in [-0.1, -0.05) is 25.5 Å². The fraction of sp³-hybridized carbons (Fsp3) is 0.600. The highest BCUT2D eigenvalue weighted by Crippen LogP contribution is 2.35. The predicted molar refractivity (Wildman–Crippen MR) is 67.4 cm³/mol. The summed E-state index contributed by atoms with van der Waals surface area (Å²) in [5.74, 6) is 0.749. The van der Waals surface area contributed by atoms with E-state index in [-0.39, 0.29) is 5.82 Å². The van der Waals surface area contributed by atoms with Crippen LogP contribution in [-0.4, -0.2) is 6.04 Å². The highest BCUT2D eigenvalue weighted by molar-refractivity contribution is 5.35. The van der Waals surface area contributed by atoms with Crippen LogP contribution in [0.1, 0.15) is 49.8 Å². The van der Waals surface area contributed by atoms with Gasteiger partial charge in [-0.05, 0) is 48.8 Å². The van der Waals surface area contributed by atoms with E-state index in [4.69, 9.17) is 0 Å². The molecule has 1 nitrogen and oxygen atoms in total. The first-order valence-electron chi connectivity index (χ1n) is 6.79. The van der Waals surface area contributed by atoms with Gasteiger partial charge in [0, 0.05) is 12.1 Å². The predicted octanol–water partition coefficient (Wildman–Crippen LogP) is 3.59. The summed E-state index contributed by atoms with van der Waals surface area (Å²) in [6.45, 7) is 2.33. The molecule has 1 saturated carbocycles. The molecule has 2 aliphatic carbocycles. The maximum absolute atomic E-state index is 13.6. The molecule has 3 rings (SSSR count). The molecule has 2 heteroatoms. The molecule has 1 aromatic carbocycles. The molecule has 17 heavy (non-hydrogen) atoms. The minimum Gasteiger partial charge on any atom is -0.307 e. The number of hydrogen-bond acceptors (Lipinski definition) is 1. The molecule has 2 aliphatic rings. The van der Waals surface area contributed by atoms with Crippen LogP contribution in [0, 0.1) is 11.7 Å². The van der Waals surface area contributed by atoms with Gasteiger partial charge in [0.25, 0.3) is 0 Å². The fourth-order valence-electron chi connectivity index (χ4n) is 3.43. The molecule has 0 spiro atoms. The zero-order chi connectivity index (χ0) is 11.8. The second-order valence-corrected chi connectivity index (χ2v) is 5.58. The Hall–Kier alpha value is -0.890. The zero-order valence-electron chi connectivity index (χ0n) is 10.4. The van der Waals surface area contributed by atoms with E-state index >= 15 is 0 Å². The molecule has 1 aromatic rings. The number of hydrogen-bond donors (Lipinski definition) is 1. The summed E-state index contributed by atoms with van der Waals surface area (Å²) in [5, 5.41) is 3.74. The van der Waals surface area contributed by atoms with Gasteiger partial charge < -0.3 is 5.32 Å². The van der Waals surface area contributed by atoms with E-state index in [1.165, 1.54) is 24.8 Å². The van der Waals surface area contributed by atoms with E-state index in [1.54, 1.807) is 6.07 Å². The molecule has 3 atom stereocenters. The van der Waals surface area contributed by atoms with E-state index in [9.17, 15) is 4.39 Å². The summed E-state index contributed by atoms with van der Waals surface area (Å²) in [6, 6.07) is 6.52. The van der Waals surface area contributed by atoms with Crippen LogP contribution in [-0.2, 0) is 6.42 Å². The number of rotatable bonds is 2. The quantitative estimate of drug-likeness (QED) is 0.823. The summed E-state index contributed by atoms with van der Waals surface area (Å²) < 4.78 is 13.6. The zero-order valence-corrected chi connectivity index (χ0v) is 10.4. The van der Waals surface area contributed by atoms with Gasteiger partial charge in [0.05, 0.1) is 0 Å². The van der Waals surface area contributed by atoms with Gasteiger partial charge in [0.1, 0.15) is 5.82 Å². The summed E-state index contributed by atoms with van der Waals surface area (Å²) in [5.41, 5.74) is 2.14. The molecule has 1 fully saturated rings. The third kappa shape index (κ3) is 1.99. The van der Waals surface area contributed by atoms with Crippen LogP contribution < -0.4 is 5.32 Å². The van der Waals surface area contributed by atoms with Crippen molar-refractivity contribution < 1.29 is 4.39 Å². The molecule has 0 aromatic heterocycles. The number of nitrogens with one attached hydrogen (secondary N) is 1. The molecular formula is C15H20FN. The van der Waals surface area contributed by atoms with Gasteiger partial charge in [-0.3, -0.25) is 0 Å². The monoisotopic (exact) mass is 233 g/mol. The van der Waals surface area contributed by atoms with Crippen LogP contribution in [0.25, 0.3) is 0 Å². The first kappa shape index (κ1) is 11.2. The second kappa shape index (κ2) is 4.41. The van der Waals surface area contributed by atoms with Gasteiger partial charge in [-0.15, -0.1) is 0 Å². The van der Waals surface area contributed by atoms with Gasteiger partial charge in [0.15, 0.2) is 0 Å². The normalized spacial score (nSPS) is 31.8. The minimum atomic E-state index is -0.0220. The highest BCUT2D eigenvalue weighted by atomic mass is 19.1. The lowest BCUT2D eigenvalue weighted by molar-refractivity contribution is 0.374. The summed E-state index contributed by atoms with van der Waals surface area (Å²) in [7, 11) is 0. The number of halogens is 1. The maximum atomic E-state index is 13.6. The van der Waals surface area contributed by atoms with Gasteiger partial charge in [-0.2, -0.15) is 0 Å². The van der Waals surface area contributed by atoms with E-state index in [0.717, 1.165) is 24.3 Å². The Kier molecular flexibility index (Phi) is 2.91. The van der Waals surface area contributed by atoms with Crippen LogP contribution in [0.5, 0.6) is 0 Å². The summed E-state index contributed by atoms with van der Waals surface area (Å²) in [6.07, 6.45) is 5.89. The standard InChI is InChI=1S/C15H20FN/c1-10-4-2-7-14(10)17-15-9-8-11-12(15)5-3-6-13(11)16/h3,5-6,10,14-15,17H,2,4,7-9H2,1H3. The van der Waals surface area contributed by atoms with E-state index in [2.05, 4.69) is 18.3 Å². The lowest BCUT2D eigenvalue weighted by Crippen LogP contribution is -2.33. The van der Waals surface area contributed by atoms with Crippen LogP contribution >= 0.6 is 0 Å². The topological polar surface area (TPSA) is 12.0 Å². The molecule has 0 radical (unpaired) electrons. The SMILES string of the molecule is CC1CCCC1NC1CCc2c(F)cccc21. The Morgan fingerprint density at radius 1 is 1.24 bits per heavy atom. The lowest BCUT2D eigenvalue weighted by atomic mass is 10.0. The molecule has 0 bridgehead atoms. The van der Waals surface area contributed by atoms with Crippen molar-refractivity contribution in [3.63, 3.8) is 0 Å². The highest BCUT2D eigenvalue weighted by Gasteiger charge is 2.30. The van der Waals surface area contributed by atoms with Crippen molar-refractivity contribution in [1.29, 1.82) is 0 Å². The lowest BCUT2D eigenvalue weighted by Gasteiger charge is -2.23. The first-order chi connectivity index (χ1) is 8.25. The van der Waals surface area contributed by atoms with E-state index in [1.807, 2.05) is 6.07 Å². The Morgan fingerprint density at radius 2 is 2.12 bits per heavy atom. The maximum Gasteiger partial charge on any atom is 0.126 e. The van der Waals surface area contributed by atoms with Gasteiger partial charge in [-0.25, -0.2) is 4.39 Å². The second-order valence-electron chi connectivity index (χ2n) is 5.58. The van der Waals surface area contributed by atoms with Crippen LogP contribution in [0.15, 0.2) is 18.2 Å². The minimum absolute atomic E-state index is 0.0220. The molecule has 92 valence electrons. The Balaban J connectivity index is 1.77. The van der Waals surface area contributed by atoms with Crippen molar-refractivity contribution in [1.82, 2.24) is 5.32 Å². The smallest absolute Gasteiger partial charge is 0.126 e. The third-order valence-corrected chi connectivity index (χ3v) is 4.49. The Morgan fingerprint density at radius 3 is 2.88 bits per heavy atom. The Labute approximate surface area is 102 Å². The van der Waals surface area contributed by atoms with Crippen molar-refractivity contribution in [2.24, 2.45) is 5.92 Å². The molecule has 0 amide bonds. The summed E-state index contributed by atoms with van der Waals surface area (Å²) >= 11 is 0. The van der Waals surface area contributed by atoms with Gasteiger partial charge >= 0.3 is 0 Å². The first-order valence-corrected chi connectivity index (χ1v) is 6.79. The van der Waals surface area contributed by atoms with Crippen molar-refractivity contribution in [2.45, 2.75) is 51.1 Å². The van der Waals surface area contributed by atoms with Crippen LogP contribution in [0.3, 0.4) is 0 Å². The molecule has 0 heterocycles. The van der Waals surface area contributed by atoms with Gasteiger partial charge in [0.2, 0.25) is 0 Å². The number of fused-ring (bicyclic) bond motifs is 1. The van der Waals surface area contributed by atoms with E-state index < -0.39 is 0 Å². The average Bonchev–Trinajstić information content (AvgIpc) is 2.89. The molecular weight excluding hydrogens is 213 g/mol.